The van der Waals surface area contributed by atoms with Crippen molar-refractivity contribution in [2.24, 2.45) is 7.05 Å². The highest BCUT2D eigenvalue weighted by molar-refractivity contribution is 6.00. The number of rotatable bonds is 4. The number of hydrogen-bond acceptors (Lipinski definition) is 7. The van der Waals surface area contributed by atoms with E-state index < -0.39 is 0 Å². The van der Waals surface area contributed by atoms with Crippen molar-refractivity contribution in [3.8, 4) is 17.2 Å². The van der Waals surface area contributed by atoms with Crippen molar-refractivity contribution in [1.82, 2.24) is 24.4 Å². The Morgan fingerprint density at radius 2 is 1.92 bits per heavy atom. The Balaban J connectivity index is 1.20. The molecule has 7 rings (SSSR count). The highest BCUT2D eigenvalue weighted by Gasteiger charge is 2.34. The van der Waals surface area contributed by atoms with Gasteiger partial charge >= 0.3 is 0 Å². The molecule has 0 spiro atoms. The van der Waals surface area contributed by atoms with Gasteiger partial charge in [-0.2, -0.15) is 4.58 Å². The quantitative estimate of drug-likeness (QED) is 0.351. The number of likely N-dealkylation sites (N-methyl/N-ethyl adjacent to an activating group) is 1. The van der Waals surface area contributed by atoms with Crippen LogP contribution in [0.3, 0.4) is 0 Å². The van der Waals surface area contributed by atoms with Crippen LogP contribution in [0.1, 0.15) is 5.56 Å². The molecule has 0 aliphatic carbocycles. The molecule has 5 aromatic rings. The molecule has 9 heteroatoms. The molecule has 2 aliphatic heterocycles. The predicted octanol–water partition coefficient (Wildman–Crippen LogP) is 4.78. The monoisotopic (exact) mass is 506 g/mol. The van der Waals surface area contributed by atoms with Crippen LogP contribution in [-0.2, 0) is 7.05 Å². The van der Waals surface area contributed by atoms with Crippen LogP contribution in [0.2, 0.25) is 0 Å². The van der Waals surface area contributed by atoms with Gasteiger partial charge in [-0.05, 0) is 55.9 Å². The average molecular weight is 507 g/mol. The second-order valence-electron chi connectivity index (χ2n) is 9.99. The Bertz CT molecular complexity index is 1760. The van der Waals surface area contributed by atoms with E-state index in [-0.39, 0.29) is 0 Å². The van der Waals surface area contributed by atoms with Crippen LogP contribution in [0.15, 0.2) is 61.2 Å². The molecule has 9 nitrogen and oxygen atoms in total. The van der Waals surface area contributed by atoms with Crippen molar-refractivity contribution < 1.29 is 14.0 Å². The van der Waals surface area contributed by atoms with Crippen molar-refractivity contribution in [2.75, 3.05) is 38.6 Å². The Kier molecular flexibility index (Phi) is 5.26. The molecule has 38 heavy (non-hydrogen) atoms. The fourth-order valence-electron chi connectivity index (χ4n) is 5.32. The van der Waals surface area contributed by atoms with Gasteiger partial charge in [-0.25, -0.2) is 15.0 Å². The van der Waals surface area contributed by atoms with Crippen LogP contribution in [0.4, 0.5) is 17.2 Å². The summed E-state index contributed by atoms with van der Waals surface area (Å²) in [7, 11) is 4.13. The second kappa shape index (κ2) is 8.81. The normalized spacial score (nSPS) is 15.3. The molecule has 0 saturated heterocycles. The van der Waals surface area contributed by atoms with Crippen LogP contribution >= 0.6 is 0 Å². The molecule has 0 unspecified atom stereocenters. The van der Waals surface area contributed by atoms with E-state index in [0.29, 0.717) is 6.61 Å². The molecule has 0 fully saturated rings. The smallest absolute Gasteiger partial charge is 0.248 e. The summed E-state index contributed by atoms with van der Waals surface area (Å²) in [5.74, 6) is 3.10. The van der Waals surface area contributed by atoms with Crippen molar-refractivity contribution >= 4 is 44.8 Å². The van der Waals surface area contributed by atoms with Gasteiger partial charge in [0.25, 0.3) is 0 Å². The van der Waals surface area contributed by atoms with Gasteiger partial charge in [0, 0.05) is 24.9 Å². The van der Waals surface area contributed by atoms with Gasteiger partial charge < -0.3 is 19.4 Å². The molecule has 4 heterocycles. The Labute approximate surface area is 220 Å². The summed E-state index contributed by atoms with van der Waals surface area (Å²) in [5.41, 5.74) is 7.10. The maximum Gasteiger partial charge on any atom is 0.248 e. The van der Waals surface area contributed by atoms with Gasteiger partial charge in [0.05, 0.1) is 41.4 Å². The van der Waals surface area contributed by atoms with Crippen molar-refractivity contribution in [1.29, 1.82) is 0 Å². The molecule has 0 saturated carbocycles. The van der Waals surface area contributed by atoms with Crippen LogP contribution < -0.4 is 14.8 Å². The molecule has 2 aromatic heterocycles. The van der Waals surface area contributed by atoms with Crippen LogP contribution in [0.25, 0.3) is 21.9 Å². The van der Waals surface area contributed by atoms with E-state index in [1.54, 1.807) is 6.33 Å². The number of aromatic nitrogens is 4. The first-order chi connectivity index (χ1) is 18.5. The lowest BCUT2D eigenvalue weighted by Gasteiger charge is -2.27. The number of benzene rings is 3. The average Bonchev–Trinajstić information content (AvgIpc) is 3.29. The number of aryl methyl sites for hydroxylation is 2. The first-order valence-corrected chi connectivity index (χ1v) is 12.7. The zero-order valence-electron chi connectivity index (χ0n) is 21.6. The zero-order valence-corrected chi connectivity index (χ0v) is 21.6. The number of hydrogen-bond donors (Lipinski definition) is 1. The van der Waals surface area contributed by atoms with E-state index in [9.17, 15) is 0 Å². The first-order valence-electron chi connectivity index (χ1n) is 12.7. The van der Waals surface area contributed by atoms with Crippen molar-refractivity contribution in [3.05, 3.63) is 66.7 Å². The van der Waals surface area contributed by atoms with Crippen LogP contribution in [0.5, 0.6) is 17.2 Å². The Morgan fingerprint density at radius 1 is 1.00 bits per heavy atom. The third-order valence-corrected chi connectivity index (χ3v) is 7.31. The summed E-state index contributed by atoms with van der Waals surface area (Å²) < 4.78 is 16.9. The lowest BCUT2D eigenvalue weighted by molar-refractivity contribution is -0.454. The molecule has 190 valence electrons. The largest absolute Gasteiger partial charge is 0.475 e. The maximum atomic E-state index is 6.32. The molecule has 0 atom stereocenters. The number of nitrogens with zero attached hydrogens (tertiary/aromatic N) is 6. The molecule has 0 radical (unpaired) electrons. The summed E-state index contributed by atoms with van der Waals surface area (Å²) in [5, 5.41) is 4.40. The summed E-state index contributed by atoms with van der Waals surface area (Å²) in [6.07, 6.45) is 3.40. The van der Waals surface area contributed by atoms with Crippen LogP contribution in [0, 0.1) is 6.92 Å². The van der Waals surface area contributed by atoms with Crippen molar-refractivity contribution in [2.45, 2.75) is 6.92 Å². The van der Waals surface area contributed by atoms with Gasteiger partial charge in [0.2, 0.25) is 17.1 Å². The minimum Gasteiger partial charge on any atom is -0.475 e. The minimum atomic E-state index is 0.570. The van der Waals surface area contributed by atoms with Gasteiger partial charge in [-0.1, -0.05) is 0 Å². The minimum absolute atomic E-state index is 0.570. The third-order valence-electron chi connectivity index (χ3n) is 7.31. The van der Waals surface area contributed by atoms with Gasteiger partial charge in [-0.15, -0.1) is 0 Å². The Morgan fingerprint density at radius 3 is 2.82 bits per heavy atom. The molecule has 0 bridgehead atoms. The summed E-state index contributed by atoms with van der Waals surface area (Å²) in [4.78, 5) is 15.9. The fraction of sp³-hybridized carbons (Fsp3) is 0.241. The van der Waals surface area contributed by atoms with E-state index in [1.165, 1.54) is 5.71 Å². The van der Waals surface area contributed by atoms with E-state index in [4.69, 9.17) is 9.47 Å². The van der Waals surface area contributed by atoms with E-state index in [2.05, 4.69) is 48.9 Å². The standard InChI is InChI=1S/C29H28N7O2/c1-18-12-19(4-9-26(18)38-21-5-7-24-23(13-21)32-17-35(24)3)33-29-27-22(30-16-31-29)6-8-25-28(27)37-15-20-14-34(2)10-11-36(20)25/h4-9,12-13,16-17H,10-11,14-15H2,1-3H3,(H,30,31,33)/q+1. The molecule has 0 amide bonds. The zero-order chi connectivity index (χ0) is 25.8. The number of imidazole rings is 1. The van der Waals surface area contributed by atoms with Gasteiger partial charge in [0.1, 0.15) is 23.6 Å². The number of ether oxygens (including phenoxy) is 2. The predicted molar refractivity (Wildman–Crippen MR) is 148 cm³/mol. The van der Waals surface area contributed by atoms with Gasteiger partial charge in [-0.3, -0.25) is 4.90 Å². The van der Waals surface area contributed by atoms with E-state index in [0.717, 1.165) is 81.6 Å². The fourth-order valence-corrected chi connectivity index (χ4v) is 5.32. The highest BCUT2D eigenvalue weighted by Crippen LogP contribution is 2.41. The van der Waals surface area contributed by atoms with Crippen molar-refractivity contribution in [3.63, 3.8) is 0 Å². The third kappa shape index (κ3) is 3.83. The van der Waals surface area contributed by atoms with Gasteiger partial charge in [0.15, 0.2) is 13.2 Å². The van der Waals surface area contributed by atoms with E-state index in [1.807, 2.05) is 61.3 Å². The number of nitrogens with one attached hydrogen (secondary N) is 1. The summed E-state index contributed by atoms with van der Waals surface area (Å²) in [6.45, 7) is 5.48. The number of fused-ring (bicyclic) bond motifs is 5. The topological polar surface area (TPSA) is 80.3 Å². The molecular weight excluding hydrogens is 478 g/mol. The first kappa shape index (κ1) is 22.7. The summed E-state index contributed by atoms with van der Waals surface area (Å²) >= 11 is 0. The van der Waals surface area contributed by atoms with Crippen LogP contribution in [-0.4, -0.2) is 68.0 Å². The molecular formula is C29H28N7O2+. The number of anilines is 2. The SMILES string of the molecule is Cc1cc(Nc2ncnc3ccc4c(c23)OCC2=[N+]4CCN(C)C2)ccc1Oc1ccc2c(c1)ncn2C. The molecule has 3 aromatic carbocycles. The lowest BCUT2D eigenvalue weighted by Crippen LogP contribution is -2.45. The maximum absolute atomic E-state index is 6.32. The lowest BCUT2D eigenvalue weighted by atomic mass is 10.1. The highest BCUT2D eigenvalue weighted by atomic mass is 16.5. The van der Waals surface area contributed by atoms with E-state index >= 15 is 0 Å². The second-order valence-corrected chi connectivity index (χ2v) is 9.99. The molecule has 1 N–H and O–H groups in total. The summed E-state index contributed by atoms with van der Waals surface area (Å²) in [6, 6.07) is 16.1. The molecule has 2 aliphatic rings. The Hall–Kier alpha value is -4.50.